The number of benzene rings is 2. The molecule has 0 spiro atoms. The van der Waals surface area contributed by atoms with Crippen LogP contribution in [0, 0.1) is 6.92 Å². The van der Waals surface area contributed by atoms with Crippen LogP contribution in [0.3, 0.4) is 0 Å². The van der Waals surface area contributed by atoms with Crippen molar-refractivity contribution in [2.24, 2.45) is 0 Å². The van der Waals surface area contributed by atoms with Crippen LogP contribution in [0.25, 0.3) is 0 Å². The van der Waals surface area contributed by atoms with Gasteiger partial charge < -0.3 is 14.1 Å². The molecular weight excluding hydrogens is 400 g/mol. The molecule has 0 saturated carbocycles. The van der Waals surface area contributed by atoms with Crippen molar-refractivity contribution in [2.45, 2.75) is 20.1 Å². The molecule has 0 radical (unpaired) electrons. The molecule has 1 saturated heterocycles. The van der Waals surface area contributed by atoms with E-state index in [0.717, 1.165) is 36.5 Å². The van der Waals surface area contributed by atoms with Gasteiger partial charge in [-0.15, -0.1) is 0 Å². The van der Waals surface area contributed by atoms with E-state index in [4.69, 9.17) is 20.8 Å². The Kier molecular flexibility index (Phi) is 6.41. The molecule has 1 fully saturated rings. The first kappa shape index (κ1) is 20.5. The second-order valence-corrected chi connectivity index (χ2v) is 7.98. The number of nitrogens with zero attached hydrogens (tertiary/aromatic N) is 2. The highest BCUT2D eigenvalue weighted by Crippen LogP contribution is 2.26. The molecule has 4 rings (SSSR count). The number of furan rings is 1. The Hall–Kier alpha value is -2.76. The largest absolute Gasteiger partial charge is 0.487 e. The Labute approximate surface area is 181 Å². The quantitative estimate of drug-likeness (QED) is 0.571. The van der Waals surface area contributed by atoms with E-state index >= 15 is 0 Å². The molecule has 0 bridgehead atoms. The maximum Gasteiger partial charge on any atom is 0.253 e. The number of hydrogen-bond donors (Lipinski definition) is 0. The number of piperazine rings is 1. The Bertz CT molecular complexity index is 995. The van der Waals surface area contributed by atoms with E-state index < -0.39 is 0 Å². The predicted octanol–water partition coefficient (Wildman–Crippen LogP) is 4.78. The van der Waals surface area contributed by atoms with Crippen LogP contribution in [0.4, 0.5) is 0 Å². The van der Waals surface area contributed by atoms with Gasteiger partial charge in [0.25, 0.3) is 5.91 Å². The monoisotopic (exact) mass is 424 g/mol. The molecule has 156 valence electrons. The fraction of sp³-hybridized carbons (Fsp3) is 0.292. The van der Waals surface area contributed by atoms with Gasteiger partial charge in [0, 0.05) is 31.7 Å². The minimum Gasteiger partial charge on any atom is -0.487 e. The molecule has 0 aliphatic carbocycles. The normalized spacial score (nSPS) is 14.7. The predicted molar refractivity (Wildman–Crippen MR) is 117 cm³/mol. The number of hydrogen-bond acceptors (Lipinski definition) is 4. The van der Waals surface area contributed by atoms with Crippen molar-refractivity contribution in [3.05, 3.63) is 88.3 Å². The molecule has 0 unspecified atom stereocenters. The van der Waals surface area contributed by atoms with Crippen LogP contribution in [0.1, 0.15) is 27.2 Å². The van der Waals surface area contributed by atoms with E-state index in [1.54, 1.807) is 6.26 Å². The van der Waals surface area contributed by atoms with E-state index in [0.29, 0.717) is 36.0 Å². The van der Waals surface area contributed by atoms with Gasteiger partial charge in [0.2, 0.25) is 0 Å². The maximum absolute atomic E-state index is 13.0. The molecule has 2 aromatic carbocycles. The zero-order valence-electron chi connectivity index (χ0n) is 17.0. The Morgan fingerprint density at radius 1 is 1.07 bits per heavy atom. The third-order valence-electron chi connectivity index (χ3n) is 5.27. The summed E-state index contributed by atoms with van der Waals surface area (Å²) in [5.74, 6) is 1.67. The number of ether oxygens (including phenoxy) is 1. The lowest BCUT2D eigenvalue weighted by Crippen LogP contribution is -2.48. The number of carbonyl (C=O) groups is 1. The molecule has 1 aliphatic rings. The summed E-state index contributed by atoms with van der Waals surface area (Å²) in [5.41, 5.74) is 2.71. The molecule has 1 aliphatic heterocycles. The lowest BCUT2D eigenvalue weighted by atomic mass is 10.1. The lowest BCUT2D eigenvalue weighted by molar-refractivity contribution is 0.0620. The topological polar surface area (TPSA) is 45.9 Å². The third kappa shape index (κ3) is 5.04. The van der Waals surface area contributed by atoms with Crippen LogP contribution < -0.4 is 4.74 Å². The number of halogens is 1. The molecule has 5 nitrogen and oxygen atoms in total. The van der Waals surface area contributed by atoms with Gasteiger partial charge >= 0.3 is 0 Å². The van der Waals surface area contributed by atoms with Gasteiger partial charge in [-0.3, -0.25) is 9.69 Å². The summed E-state index contributed by atoms with van der Waals surface area (Å²) in [4.78, 5) is 17.2. The Morgan fingerprint density at radius 3 is 2.67 bits per heavy atom. The van der Waals surface area contributed by atoms with Gasteiger partial charge in [0.05, 0.1) is 17.8 Å². The van der Waals surface area contributed by atoms with Crippen molar-refractivity contribution in [1.82, 2.24) is 9.80 Å². The summed E-state index contributed by atoms with van der Waals surface area (Å²) in [6, 6.07) is 17.2. The summed E-state index contributed by atoms with van der Waals surface area (Å²) < 4.78 is 11.3. The van der Waals surface area contributed by atoms with Gasteiger partial charge in [-0.2, -0.15) is 0 Å². The zero-order valence-corrected chi connectivity index (χ0v) is 17.8. The molecule has 1 aromatic heterocycles. The van der Waals surface area contributed by atoms with Crippen LogP contribution >= 0.6 is 11.6 Å². The van der Waals surface area contributed by atoms with Gasteiger partial charge in [-0.25, -0.2) is 0 Å². The van der Waals surface area contributed by atoms with E-state index in [-0.39, 0.29) is 5.91 Å². The lowest BCUT2D eigenvalue weighted by Gasteiger charge is -2.34. The third-order valence-corrected chi connectivity index (χ3v) is 5.59. The van der Waals surface area contributed by atoms with Gasteiger partial charge in [-0.1, -0.05) is 29.8 Å². The Balaban J connectivity index is 1.34. The maximum atomic E-state index is 13.0. The fourth-order valence-electron chi connectivity index (χ4n) is 3.59. The summed E-state index contributed by atoms with van der Waals surface area (Å²) in [6.45, 7) is 6.22. The highest BCUT2D eigenvalue weighted by Gasteiger charge is 2.22. The first-order valence-electron chi connectivity index (χ1n) is 10.1. The Morgan fingerprint density at radius 2 is 1.90 bits per heavy atom. The second-order valence-electron chi connectivity index (χ2n) is 7.57. The summed E-state index contributed by atoms with van der Waals surface area (Å²) in [5, 5.41) is 0.584. The standard InChI is InChI=1S/C24H25ClN2O3/c1-18-7-8-22(25)23(14-18)30-17-19-4-2-5-20(15-19)24(28)27-11-9-26(10-12-27)16-21-6-3-13-29-21/h2-8,13-15H,9-12,16-17H2,1H3. The van der Waals surface area contributed by atoms with E-state index in [1.165, 1.54) is 0 Å². The van der Waals surface area contributed by atoms with Gasteiger partial charge in [-0.05, 0) is 54.4 Å². The highest BCUT2D eigenvalue weighted by atomic mass is 35.5. The minimum atomic E-state index is 0.0584. The number of rotatable bonds is 6. The van der Waals surface area contributed by atoms with Crippen LogP contribution in [0.15, 0.2) is 65.3 Å². The second kappa shape index (κ2) is 9.37. The van der Waals surface area contributed by atoms with E-state index in [9.17, 15) is 4.79 Å². The molecule has 0 atom stereocenters. The number of carbonyl (C=O) groups excluding carboxylic acids is 1. The van der Waals surface area contributed by atoms with Crippen LogP contribution in [0.2, 0.25) is 5.02 Å². The molecule has 2 heterocycles. The van der Waals surface area contributed by atoms with Crippen LogP contribution in [-0.4, -0.2) is 41.9 Å². The van der Waals surface area contributed by atoms with Gasteiger partial charge in [0.15, 0.2) is 0 Å². The van der Waals surface area contributed by atoms with Crippen molar-refractivity contribution in [3.63, 3.8) is 0 Å². The average molecular weight is 425 g/mol. The summed E-state index contributed by atoms with van der Waals surface area (Å²) in [6.07, 6.45) is 1.69. The van der Waals surface area contributed by atoms with Gasteiger partial charge in [0.1, 0.15) is 18.1 Å². The zero-order chi connectivity index (χ0) is 20.9. The first-order valence-corrected chi connectivity index (χ1v) is 10.5. The first-order chi connectivity index (χ1) is 14.6. The van der Waals surface area contributed by atoms with Crippen molar-refractivity contribution in [1.29, 1.82) is 0 Å². The van der Waals surface area contributed by atoms with Crippen LogP contribution in [0.5, 0.6) is 5.75 Å². The number of aryl methyl sites for hydroxylation is 1. The molecule has 30 heavy (non-hydrogen) atoms. The van der Waals surface area contributed by atoms with E-state index in [1.807, 2.05) is 66.4 Å². The molecular formula is C24H25ClN2O3. The fourth-order valence-corrected chi connectivity index (χ4v) is 3.76. The van der Waals surface area contributed by atoms with Crippen LogP contribution in [-0.2, 0) is 13.2 Å². The van der Waals surface area contributed by atoms with Crippen molar-refractivity contribution >= 4 is 17.5 Å². The molecule has 6 heteroatoms. The van der Waals surface area contributed by atoms with Crippen molar-refractivity contribution in [3.8, 4) is 5.75 Å². The van der Waals surface area contributed by atoms with Crippen molar-refractivity contribution in [2.75, 3.05) is 26.2 Å². The smallest absolute Gasteiger partial charge is 0.253 e. The summed E-state index contributed by atoms with van der Waals surface area (Å²) in [7, 11) is 0. The number of amides is 1. The van der Waals surface area contributed by atoms with E-state index in [2.05, 4.69) is 4.90 Å². The van der Waals surface area contributed by atoms with Crippen molar-refractivity contribution < 1.29 is 13.9 Å². The minimum absolute atomic E-state index is 0.0584. The highest BCUT2D eigenvalue weighted by molar-refractivity contribution is 6.32. The molecule has 1 amide bonds. The SMILES string of the molecule is Cc1ccc(Cl)c(OCc2cccc(C(=O)N3CCN(Cc4ccco4)CC3)c2)c1. The summed E-state index contributed by atoms with van der Waals surface area (Å²) >= 11 is 6.21. The average Bonchev–Trinajstić information content (AvgIpc) is 3.28. The molecule has 0 N–H and O–H groups in total. The molecule has 3 aromatic rings.